The standard InChI is InChI=1S/C14H16N2O2S/c1-3-18-14(17)12-9(2)19-13(16-12)11(15)10-7-5-4-6-8-10/h4-8,11H,3,15H2,1-2H3. The van der Waals surface area contributed by atoms with Gasteiger partial charge in [-0.15, -0.1) is 11.3 Å². The third-order valence-electron chi connectivity index (χ3n) is 2.71. The molecule has 0 aliphatic rings. The first-order valence-electron chi connectivity index (χ1n) is 6.08. The van der Waals surface area contributed by atoms with Gasteiger partial charge in [-0.2, -0.15) is 0 Å². The summed E-state index contributed by atoms with van der Waals surface area (Å²) < 4.78 is 4.97. The number of hydrogen-bond acceptors (Lipinski definition) is 5. The molecule has 1 unspecified atom stereocenters. The quantitative estimate of drug-likeness (QED) is 0.872. The smallest absolute Gasteiger partial charge is 0.358 e. The molecule has 2 N–H and O–H groups in total. The van der Waals surface area contributed by atoms with Crippen LogP contribution in [0.15, 0.2) is 30.3 Å². The summed E-state index contributed by atoms with van der Waals surface area (Å²) in [5.41, 5.74) is 7.52. The van der Waals surface area contributed by atoms with E-state index in [1.165, 1.54) is 11.3 Å². The molecule has 0 radical (unpaired) electrons. The second-order valence-electron chi connectivity index (χ2n) is 4.07. The first-order chi connectivity index (χ1) is 9.13. The number of ether oxygens (including phenoxy) is 1. The predicted molar refractivity (Wildman–Crippen MR) is 75.3 cm³/mol. The number of hydrogen-bond donors (Lipinski definition) is 1. The van der Waals surface area contributed by atoms with Crippen LogP contribution in [0.25, 0.3) is 0 Å². The maximum atomic E-state index is 11.7. The van der Waals surface area contributed by atoms with Gasteiger partial charge in [0.15, 0.2) is 5.69 Å². The summed E-state index contributed by atoms with van der Waals surface area (Å²) in [4.78, 5) is 16.9. The van der Waals surface area contributed by atoms with E-state index in [2.05, 4.69) is 4.98 Å². The number of carbonyl (C=O) groups is 1. The van der Waals surface area contributed by atoms with Gasteiger partial charge in [0.05, 0.1) is 12.6 Å². The molecule has 1 heterocycles. The maximum Gasteiger partial charge on any atom is 0.358 e. The van der Waals surface area contributed by atoms with E-state index in [0.717, 1.165) is 15.4 Å². The summed E-state index contributed by atoms with van der Waals surface area (Å²) in [6.45, 7) is 3.97. The molecular formula is C14H16N2O2S. The van der Waals surface area contributed by atoms with Crippen LogP contribution >= 0.6 is 11.3 Å². The summed E-state index contributed by atoms with van der Waals surface area (Å²) in [6.07, 6.45) is 0. The van der Waals surface area contributed by atoms with E-state index in [4.69, 9.17) is 10.5 Å². The molecule has 4 nitrogen and oxygen atoms in total. The molecule has 0 saturated heterocycles. The van der Waals surface area contributed by atoms with E-state index in [1.54, 1.807) is 6.92 Å². The first-order valence-corrected chi connectivity index (χ1v) is 6.90. The predicted octanol–water partition coefficient (Wildman–Crippen LogP) is 2.68. The van der Waals surface area contributed by atoms with Crippen molar-refractivity contribution in [2.24, 2.45) is 5.73 Å². The Hall–Kier alpha value is -1.72. The van der Waals surface area contributed by atoms with Crippen LogP contribution < -0.4 is 5.73 Å². The number of carbonyl (C=O) groups excluding carboxylic acids is 1. The highest BCUT2D eigenvalue weighted by Gasteiger charge is 2.20. The van der Waals surface area contributed by atoms with Gasteiger partial charge in [-0.1, -0.05) is 30.3 Å². The van der Waals surface area contributed by atoms with Crippen molar-refractivity contribution in [3.63, 3.8) is 0 Å². The van der Waals surface area contributed by atoms with Gasteiger partial charge < -0.3 is 10.5 Å². The summed E-state index contributed by atoms with van der Waals surface area (Å²) in [6, 6.07) is 9.39. The average molecular weight is 276 g/mol. The van der Waals surface area contributed by atoms with E-state index in [0.29, 0.717) is 12.3 Å². The van der Waals surface area contributed by atoms with Crippen LogP contribution in [0.4, 0.5) is 0 Å². The minimum absolute atomic E-state index is 0.312. The number of thiazole rings is 1. The van der Waals surface area contributed by atoms with Gasteiger partial charge in [0.2, 0.25) is 0 Å². The Morgan fingerprint density at radius 2 is 2.11 bits per heavy atom. The van der Waals surface area contributed by atoms with Gasteiger partial charge >= 0.3 is 5.97 Å². The monoisotopic (exact) mass is 276 g/mol. The van der Waals surface area contributed by atoms with Crippen molar-refractivity contribution in [3.8, 4) is 0 Å². The molecule has 0 bridgehead atoms. The van der Waals surface area contributed by atoms with E-state index in [1.807, 2.05) is 37.3 Å². The lowest BCUT2D eigenvalue weighted by molar-refractivity contribution is 0.0519. The zero-order chi connectivity index (χ0) is 13.8. The number of nitrogens with two attached hydrogens (primary N) is 1. The molecule has 0 spiro atoms. The number of benzene rings is 1. The fraction of sp³-hybridized carbons (Fsp3) is 0.286. The molecule has 1 aromatic carbocycles. The van der Waals surface area contributed by atoms with Gasteiger partial charge in [0, 0.05) is 4.88 Å². The number of aryl methyl sites for hydroxylation is 1. The minimum Gasteiger partial charge on any atom is -0.461 e. The molecule has 0 saturated carbocycles. The van der Waals surface area contributed by atoms with Crippen molar-refractivity contribution < 1.29 is 9.53 Å². The highest BCUT2D eigenvalue weighted by atomic mass is 32.1. The topological polar surface area (TPSA) is 65.2 Å². The second-order valence-corrected chi connectivity index (χ2v) is 5.30. The summed E-state index contributed by atoms with van der Waals surface area (Å²) in [5.74, 6) is -0.386. The number of nitrogens with zero attached hydrogens (tertiary/aromatic N) is 1. The number of rotatable bonds is 4. The molecule has 0 fully saturated rings. The van der Waals surface area contributed by atoms with Gasteiger partial charge in [-0.05, 0) is 19.4 Å². The van der Waals surface area contributed by atoms with E-state index in [-0.39, 0.29) is 12.0 Å². The Morgan fingerprint density at radius 3 is 2.74 bits per heavy atom. The fourth-order valence-electron chi connectivity index (χ4n) is 1.74. The first kappa shape index (κ1) is 13.7. The van der Waals surface area contributed by atoms with Crippen LogP contribution in [0, 0.1) is 6.92 Å². The molecule has 0 amide bonds. The third-order valence-corrected chi connectivity index (χ3v) is 3.76. The minimum atomic E-state index is -0.386. The molecule has 2 rings (SSSR count). The lowest BCUT2D eigenvalue weighted by Crippen LogP contribution is -2.12. The normalized spacial score (nSPS) is 12.2. The Labute approximate surface area is 116 Å². The van der Waals surface area contributed by atoms with Crippen molar-refractivity contribution >= 4 is 17.3 Å². The van der Waals surface area contributed by atoms with Gasteiger partial charge in [-0.3, -0.25) is 0 Å². The number of esters is 1. The van der Waals surface area contributed by atoms with Crippen molar-refractivity contribution in [1.82, 2.24) is 4.98 Å². The molecule has 19 heavy (non-hydrogen) atoms. The van der Waals surface area contributed by atoms with Crippen molar-refractivity contribution in [1.29, 1.82) is 0 Å². The van der Waals surface area contributed by atoms with Crippen molar-refractivity contribution in [2.75, 3.05) is 6.61 Å². The summed E-state index contributed by atoms with van der Waals surface area (Å²) in [5, 5.41) is 0.728. The summed E-state index contributed by atoms with van der Waals surface area (Å²) >= 11 is 1.43. The molecule has 2 aromatic rings. The van der Waals surface area contributed by atoms with Crippen LogP contribution in [0.5, 0.6) is 0 Å². The zero-order valence-electron chi connectivity index (χ0n) is 10.9. The molecular weight excluding hydrogens is 260 g/mol. The van der Waals surface area contributed by atoms with Gasteiger partial charge in [0.25, 0.3) is 0 Å². The van der Waals surface area contributed by atoms with Crippen LogP contribution in [0.3, 0.4) is 0 Å². The molecule has 0 aliphatic carbocycles. The Bertz CT molecular complexity index is 566. The van der Waals surface area contributed by atoms with Crippen LogP contribution in [0.2, 0.25) is 0 Å². The van der Waals surface area contributed by atoms with Crippen LogP contribution in [-0.4, -0.2) is 17.6 Å². The lowest BCUT2D eigenvalue weighted by atomic mass is 10.1. The molecule has 100 valence electrons. The van der Waals surface area contributed by atoms with Gasteiger partial charge in [-0.25, -0.2) is 9.78 Å². The van der Waals surface area contributed by atoms with E-state index >= 15 is 0 Å². The highest BCUT2D eigenvalue weighted by molar-refractivity contribution is 7.12. The Morgan fingerprint density at radius 1 is 1.42 bits per heavy atom. The fourth-order valence-corrected chi connectivity index (χ4v) is 2.68. The molecule has 1 atom stereocenters. The van der Waals surface area contributed by atoms with Crippen molar-refractivity contribution in [2.45, 2.75) is 19.9 Å². The molecule has 0 aliphatic heterocycles. The highest BCUT2D eigenvalue weighted by Crippen LogP contribution is 2.26. The van der Waals surface area contributed by atoms with Crippen LogP contribution in [0.1, 0.15) is 38.9 Å². The van der Waals surface area contributed by atoms with Crippen molar-refractivity contribution in [3.05, 3.63) is 51.5 Å². The van der Waals surface area contributed by atoms with E-state index < -0.39 is 0 Å². The Balaban J connectivity index is 2.27. The van der Waals surface area contributed by atoms with Crippen LogP contribution in [-0.2, 0) is 4.74 Å². The van der Waals surface area contributed by atoms with Gasteiger partial charge in [0.1, 0.15) is 5.01 Å². The SMILES string of the molecule is CCOC(=O)c1nc(C(N)c2ccccc2)sc1C. The zero-order valence-corrected chi connectivity index (χ0v) is 11.7. The Kier molecular flexibility index (Phi) is 4.29. The second kappa shape index (κ2) is 5.95. The maximum absolute atomic E-state index is 11.7. The lowest BCUT2D eigenvalue weighted by Gasteiger charge is -2.07. The summed E-state index contributed by atoms with van der Waals surface area (Å²) in [7, 11) is 0. The van der Waals surface area contributed by atoms with E-state index in [9.17, 15) is 4.79 Å². The number of aromatic nitrogens is 1. The molecule has 5 heteroatoms. The molecule has 1 aromatic heterocycles. The largest absolute Gasteiger partial charge is 0.461 e. The third kappa shape index (κ3) is 3.00. The average Bonchev–Trinajstić information content (AvgIpc) is 2.81.